The first-order valence-electron chi connectivity index (χ1n) is 8.32. The number of esters is 1. The minimum atomic E-state index is -0.134. The Morgan fingerprint density at radius 1 is 1.27 bits per heavy atom. The van der Waals surface area contributed by atoms with Crippen molar-refractivity contribution < 1.29 is 9.53 Å². The van der Waals surface area contributed by atoms with E-state index in [1.54, 1.807) is 0 Å². The molecule has 0 radical (unpaired) electrons. The Morgan fingerprint density at radius 2 is 2.05 bits per heavy atom. The molecule has 1 aliphatic carbocycles. The van der Waals surface area contributed by atoms with E-state index >= 15 is 0 Å². The molecule has 1 aliphatic heterocycles. The number of carbonyl (C=O) groups excluding carboxylic acids is 1. The summed E-state index contributed by atoms with van der Waals surface area (Å²) in [5.74, 6) is -0.225. The highest BCUT2D eigenvalue weighted by Gasteiger charge is 2.30. The monoisotopic (exact) mass is 302 g/mol. The van der Waals surface area contributed by atoms with Gasteiger partial charge in [0.25, 0.3) is 0 Å². The van der Waals surface area contributed by atoms with Gasteiger partial charge in [0.2, 0.25) is 0 Å². The average molecular weight is 302 g/mol. The first kappa shape index (κ1) is 15.5. The second-order valence-corrected chi connectivity index (χ2v) is 6.72. The van der Waals surface area contributed by atoms with Crippen molar-refractivity contribution in [2.75, 3.05) is 20.2 Å². The molecule has 0 aromatic heterocycles. The molecule has 2 unspecified atom stereocenters. The van der Waals surface area contributed by atoms with Gasteiger partial charge in [0, 0.05) is 25.7 Å². The van der Waals surface area contributed by atoms with Crippen molar-refractivity contribution in [2.24, 2.45) is 11.7 Å². The molecule has 0 saturated carbocycles. The standard InChI is InChI=1S/C18H26N2O2/c1-22-18(21)16-9-17(19)12-20(11-16)10-13-6-7-14-4-2-3-5-15(14)8-13/h6-8,16-17H,2-5,9-12,19H2,1H3. The summed E-state index contributed by atoms with van der Waals surface area (Å²) in [5.41, 5.74) is 10.5. The number of hydrogen-bond acceptors (Lipinski definition) is 4. The van der Waals surface area contributed by atoms with Gasteiger partial charge in [-0.2, -0.15) is 0 Å². The van der Waals surface area contributed by atoms with Crippen molar-refractivity contribution in [3.8, 4) is 0 Å². The number of carbonyl (C=O) groups is 1. The molecule has 120 valence electrons. The summed E-state index contributed by atoms with van der Waals surface area (Å²) in [7, 11) is 1.45. The van der Waals surface area contributed by atoms with E-state index in [4.69, 9.17) is 10.5 Å². The van der Waals surface area contributed by atoms with Crippen molar-refractivity contribution in [2.45, 2.75) is 44.7 Å². The lowest BCUT2D eigenvalue weighted by molar-refractivity contribution is -0.147. The molecule has 2 aliphatic rings. The minimum Gasteiger partial charge on any atom is -0.469 e. The number of likely N-dealkylation sites (tertiary alicyclic amines) is 1. The number of hydrogen-bond donors (Lipinski definition) is 1. The zero-order chi connectivity index (χ0) is 15.5. The summed E-state index contributed by atoms with van der Waals surface area (Å²) in [6.07, 6.45) is 5.76. The first-order valence-corrected chi connectivity index (χ1v) is 8.32. The van der Waals surface area contributed by atoms with Crippen LogP contribution < -0.4 is 5.73 Å². The molecule has 1 heterocycles. The van der Waals surface area contributed by atoms with Gasteiger partial charge in [0.15, 0.2) is 0 Å². The van der Waals surface area contributed by atoms with Crippen LogP contribution in [-0.4, -0.2) is 37.1 Å². The van der Waals surface area contributed by atoms with E-state index in [9.17, 15) is 4.79 Å². The van der Waals surface area contributed by atoms with Crippen LogP contribution in [0.2, 0.25) is 0 Å². The Kier molecular flexibility index (Phi) is 4.79. The van der Waals surface area contributed by atoms with Crippen molar-refractivity contribution in [3.05, 3.63) is 34.9 Å². The number of methoxy groups -OCH3 is 1. The maximum absolute atomic E-state index is 11.8. The van der Waals surface area contributed by atoms with E-state index in [-0.39, 0.29) is 17.9 Å². The third kappa shape index (κ3) is 3.50. The Hall–Kier alpha value is -1.39. The summed E-state index contributed by atoms with van der Waals surface area (Å²) < 4.78 is 4.89. The topological polar surface area (TPSA) is 55.6 Å². The third-order valence-corrected chi connectivity index (χ3v) is 4.91. The lowest BCUT2D eigenvalue weighted by Gasteiger charge is -2.35. The fourth-order valence-corrected chi connectivity index (χ4v) is 3.84. The number of benzene rings is 1. The Morgan fingerprint density at radius 3 is 2.82 bits per heavy atom. The number of ether oxygens (including phenoxy) is 1. The van der Waals surface area contributed by atoms with Gasteiger partial charge in [-0.25, -0.2) is 0 Å². The van der Waals surface area contributed by atoms with Crippen molar-refractivity contribution in [1.82, 2.24) is 4.90 Å². The number of piperidine rings is 1. The molecule has 4 nitrogen and oxygen atoms in total. The summed E-state index contributed by atoms with van der Waals surface area (Å²) in [4.78, 5) is 14.1. The summed E-state index contributed by atoms with van der Waals surface area (Å²) in [6, 6.07) is 6.92. The van der Waals surface area contributed by atoms with E-state index in [1.807, 2.05) is 0 Å². The molecule has 4 heteroatoms. The van der Waals surface area contributed by atoms with Crippen molar-refractivity contribution in [3.63, 3.8) is 0 Å². The number of nitrogens with zero attached hydrogens (tertiary/aromatic N) is 1. The van der Waals surface area contributed by atoms with Crippen LogP contribution in [0.25, 0.3) is 0 Å². The van der Waals surface area contributed by atoms with Crippen LogP contribution in [0.5, 0.6) is 0 Å². The molecule has 0 spiro atoms. The van der Waals surface area contributed by atoms with Crippen molar-refractivity contribution >= 4 is 5.97 Å². The van der Waals surface area contributed by atoms with Crippen LogP contribution in [0.1, 0.15) is 36.0 Å². The molecule has 1 fully saturated rings. The van der Waals surface area contributed by atoms with E-state index in [0.717, 1.165) is 26.1 Å². The zero-order valence-corrected chi connectivity index (χ0v) is 13.4. The maximum atomic E-state index is 11.8. The quantitative estimate of drug-likeness (QED) is 0.866. The van der Waals surface area contributed by atoms with Gasteiger partial charge in [0.1, 0.15) is 0 Å². The fraction of sp³-hybridized carbons (Fsp3) is 0.611. The van der Waals surface area contributed by atoms with Gasteiger partial charge < -0.3 is 10.5 Å². The predicted octanol–water partition coefficient (Wildman–Crippen LogP) is 1.89. The molecule has 0 bridgehead atoms. The van der Waals surface area contributed by atoms with Gasteiger partial charge >= 0.3 is 5.97 Å². The largest absolute Gasteiger partial charge is 0.469 e. The average Bonchev–Trinajstić information content (AvgIpc) is 2.53. The first-order chi connectivity index (χ1) is 10.7. The lowest BCUT2D eigenvalue weighted by atomic mass is 9.90. The van der Waals surface area contributed by atoms with E-state index < -0.39 is 0 Å². The van der Waals surface area contributed by atoms with Gasteiger partial charge in [-0.05, 0) is 48.8 Å². The number of nitrogens with two attached hydrogens (primary N) is 1. The van der Waals surface area contributed by atoms with Crippen LogP contribution >= 0.6 is 0 Å². The number of aryl methyl sites for hydroxylation is 2. The van der Waals surface area contributed by atoms with E-state index in [0.29, 0.717) is 0 Å². The normalized spacial score (nSPS) is 25.5. The molecule has 0 amide bonds. The van der Waals surface area contributed by atoms with Crippen molar-refractivity contribution in [1.29, 1.82) is 0 Å². The summed E-state index contributed by atoms with van der Waals surface area (Å²) in [6.45, 7) is 2.47. The smallest absolute Gasteiger partial charge is 0.310 e. The molecule has 1 aromatic carbocycles. The second kappa shape index (κ2) is 6.80. The molecular weight excluding hydrogens is 276 g/mol. The fourth-order valence-electron chi connectivity index (χ4n) is 3.84. The van der Waals surface area contributed by atoms with Gasteiger partial charge in [-0.3, -0.25) is 9.69 Å². The van der Waals surface area contributed by atoms with Crippen LogP contribution in [0.3, 0.4) is 0 Å². The Bertz CT molecular complexity index is 544. The third-order valence-electron chi connectivity index (χ3n) is 4.91. The molecule has 1 saturated heterocycles. The zero-order valence-electron chi connectivity index (χ0n) is 13.4. The van der Waals surface area contributed by atoms with E-state index in [1.165, 1.54) is 49.5 Å². The van der Waals surface area contributed by atoms with Crippen LogP contribution in [-0.2, 0) is 28.9 Å². The van der Waals surface area contributed by atoms with Crippen LogP contribution in [0.4, 0.5) is 0 Å². The van der Waals surface area contributed by atoms with Crippen LogP contribution in [0, 0.1) is 5.92 Å². The minimum absolute atomic E-state index is 0.0514. The molecule has 2 atom stereocenters. The second-order valence-electron chi connectivity index (χ2n) is 6.72. The van der Waals surface area contributed by atoms with E-state index in [2.05, 4.69) is 23.1 Å². The highest BCUT2D eigenvalue weighted by molar-refractivity contribution is 5.72. The Labute approximate surface area is 132 Å². The predicted molar refractivity (Wildman–Crippen MR) is 86.5 cm³/mol. The van der Waals surface area contributed by atoms with Gasteiger partial charge in [-0.15, -0.1) is 0 Å². The van der Waals surface area contributed by atoms with Crippen LogP contribution in [0.15, 0.2) is 18.2 Å². The molecule has 1 aromatic rings. The summed E-state index contributed by atoms with van der Waals surface area (Å²) in [5, 5.41) is 0. The number of fused-ring (bicyclic) bond motifs is 1. The highest BCUT2D eigenvalue weighted by Crippen LogP contribution is 2.24. The Balaban J connectivity index is 1.68. The SMILES string of the molecule is COC(=O)C1CC(N)CN(Cc2ccc3c(c2)CCCC3)C1. The molecule has 22 heavy (non-hydrogen) atoms. The molecular formula is C18H26N2O2. The highest BCUT2D eigenvalue weighted by atomic mass is 16.5. The summed E-state index contributed by atoms with van der Waals surface area (Å²) >= 11 is 0. The molecule has 3 rings (SSSR count). The maximum Gasteiger partial charge on any atom is 0.310 e. The number of rotatable bonds is 3. The van der Waals surface area contributed by atoms with Gasteiger partial charge in [0.05, 0.1) is 13.0 Å². The van der Waals surface area contributed by atoms with Gasteiger partial charge in [-0.1, -0.05) is 18.2 Å². The lowest BCUT2D eigenvalue weighted by Crippen LogP contribution is -2.48. The molecule has 2 N–H and O–H groups in total.